The molecule has 0 amide bonds. The molecule has 0 aliphatic heterocycles. The number of aromatic nitrogens is 1. The van der Waals surface area contributed by atoms with Gasteiger partial charge in [-0.2, -0.15) is 0 Å². The Morgan fingerprint density at radius 2 is 2.16 bits per heavy atom. The van der Waals surface area contributed by atoms with E-state index in [1.54, 1.807) is 12.1 Å². The molecule has 1 aromatic heterocycles. The Bertz CT molecular complexity index is 635. The van der Waals surface area contributed by atoms with Crippen LogP contribution in [0.25, 0.3) is 5.69 Å². The third-order valence-electron chi connectivity index (χ3n) is 3.72. The van der Waals surface area contributed by atoms with Crippen molar-refractivity contribution >= 4 is 15.9 Å². The highest BCUT2D eigenvalue weighted by molar-refractivity contribution is 9.10. The number of rotatable bonds is 1. The molecule has 2 aromatic rings. The number of nitrogens with zero attached hydrogens (tertiary/aromatic N) is 1. The number of hydrogen-bond donors (Lipinski definition) is 1. The van der Waals surface area contributed by atoms with Gasteiger partial charge in [0.05, 0.1) is 11.8 Å². The summed E-state index contributed by atoms with van der Waals surface area (Å²) >= 11 is 3.38. The molecule has 1 aliphatic carbocycles. The molecule has 1 heterocycles. The van der Waals surface area contributed by atoms with Gasteiger partial charge in [-0.15, -0.1) is 0 Å². The van der Waals surface area contributed by atoms with Crippen molar-refractivity contribution in [3.05, 3.63) is 51.5 Å². The van der Waals surface area contributed by atoms with Gasteiger partial charge in [-0.25, -0.2) is 4.39 Å². The van der Waals surface area contributed by atoms with E-state index in [4.69, 9.17) is 0 Å². The number of benzene rings is 1. The summed E-state index contributed by atoms with van der Waals surface area (Å²) in [5.41, 5.74) is 3.49. The predicted octanol–water partition coefficient (Wildman–Crippen LogP) is 4.06. The van der Waals surface area contributed by atoms with Crippen LogP contribution in [0.1, 0.15) is 35.9 Å². The van der Waals surface area contributed by atoms with Crippen LogP contribution < -0.4 is 0 Å². The molecule has 19 heavy (non-hydrogen) atoms. The van der Waals surface area contributed by atoms with Crippen molar-refractivity contribution in [3.63, 3.8) is 0 Å². The Balaban J connectivity index is 2.23. The van der Waals surface area contributed by atoms with Crippen LogP contribution in [-0.4, -0.2) is 9.67 Å². The minimum atomic E-state index is -0.418. The average Bonchev–Trinajstić information content (AvgIpc) is 2.70. The predicted molar refractivity (Wildman–Crippen MR) is 76.1 cm³/mol. The van der Waals surface area contributed by atoms with Gasteiger partial charge < -0.3 is 9.67 Å². The summed E-state index contributed by atoms with van der Waals surface area (Å²) in [6.45, 7) is 1.95. The normalized spacial score (nSPS) is 18.4. The second kappa shape index (κ2) is 4.76. The van der Waals surface area contributed by atoms with Crippen LogP contribution >= 0.6 is 15.9 Å². The smallest absolute Gasteiger partial charge is 0.147 e. The molecule has 0 spiro atoms. The second-order valence-electron chi connectivity index (χ2n) is 5.03. The SMILES string of the molecule is Cc1cc2c(n1-c1cc(Br)ccc1F)CCCC2O. The first kappa shape index (κ1) is 12.9. The van der Waals surface area contributed by atoms with Crippen molar-refractivity contribution < 1.29 is 9.50 Å². The molecular weight excluding hydrogens is 309 g/mol. The minimum Gasteiger partial charge on any atom is -0.388 e. The van der Waals surface area contributed by atoms with E-state index in [1.807, 2.05) is 17.6 Å². The lowest BCUT2D eigenvalue weighted by molar-refractivity contribution is 0.156. The lowest BCUT2D eigenvalue weighted by Crippen LogP contribution is -2.12. The number of aryl methyl sites for hydroxylation is 1. The number of hydrogen-bond acceptors (Lipinski definition) is 1. The fourth-order valence-electron chi connectivity index (χ4n) is 2.87. The molecule has 0 fully saturated rings. The molecule has 0 saturated heterocycles. The van der Waals surface area contributed by atoms with E-state index in [9.17, 15) is 9.50 Å². The monoisotopic (exact) mass is 323 g/mol. The molecule has 0 bridgehead atoms. The maximum Gasteiger partial charge on any atom is 0.147 e. The highest BCUT2D eigenvalue weighted by Gasteiger charge is 2.24. The van der Waals surface area contributed by atoms with Crippen molar-refractivity contribution in [3.8, 4) is 5.69 Å². The Morgan fingerprint density at radius 1 is 1.37 bits per heavy atom. The third kappa shape index (κ3) is 2.13. The van der Waals surface area contributed by atoms with Crippen LogP contribution in [0.4, 0.5) is 4.39 Å². The summed E-state index contributed by atoms with van der Waals surface area (Å²) in [6, 6.07) is 6.91. The first-order valence-corrected chi connectivity index (χ1v) is 7.22. The quantitative estimate of drug-likeness (QED) is 0.841. The van der Waals surface area contributed by atoms with E-state index in [2.05, 4.69) is 15.9 Å². The van der Waals surface area contributed by atoms with Crippen LogP contribution in [0.5, 0.6) is 0 Å². The molecule has 1 aliphatic rings. The second-order valence-corrected chi connectivity index (χ2v) is 5.94. The van der Waals surface area contributed by atoms with Crippen LogP contribution in [0.2, 0.25) is 0 Å². The lowest BCUT2D eigenvalue weighted by atomic mass is 9.95. The van der Waals surface area contributed by atoms with Crippen molar-refractivity contribution in [2.24, 2.45) is 0 Å². The minimum absolute atomic E-state index is 0.246. The average molecular weight is 324 g/mol. The van der Waals surface area contributed by atoms with Gasteiger partial charge in [-0.3, -0.25) is 0 Å². The summed E-state index contributed by atoms with van der Waals surface area (Å²) in [5.74, 6) is -0.246. The Labute approximate surface area is 120 Å². The van der Waals surface area contributed by atoms with E-state index in [0.29, 0.717) is 5.69 Å². The molecule has 4 heteroatoms. The van der Waals surface area contributed by atoms with Gasteiger partial charge in [0, 0.05) is 21.4 Å². The molecular formula is C15H15BrFNO. The fourth-order valence-corrected chi connectivity index (χ4v) is 3.22. The summed E-state index contributed by atoms with van der Waals surface area (Å²) in [5, 5.41) is 10.1. The van der Waals surface area contributed by atoms with Gasteiger partial charge in [0.2, 0.25) is 0 Å². The Morgan fingerprint density at radius 3 is 2.95 bits per heavy atom. The van der Waals surface area contributed by atoms with Crippen molar-refractivity contribution in [1.29, 1.82) is 0 Å². The molecule has 1 N–H and O–H groups in total. The zero-order valence-corrected chi connectivity index (χ0v) is 12.2. The van der Waals surface area contributed by atoms with Crippen molar-refractivity contribution in [2.75, 3.05) is 0 Å². The Hall–Kier alpha value is -1.13. The van der Waals surface area contributed by atoms with Gasteiger partial charge in [0.15, 0.2) is 0 Å². The molecule has 1 atom stereocenters. The summed E-state index contributed by atoms with van der Waals surface area (Å²) in [4.78, 5) is 0. The summed E-state index contributed by atoms with van der Waals surface area (Å²) in [7, 11) is 0. The standard InChI is InChI=1S/C15H15BrFNO/c1-9-7-11-13(3-2-4-15(11)19)18(9)14-8-10(16)5-6-12(14)17/h5-8,15,19H,2-4H2,1H3. The van der Waals surface area contributed by atoms with Gasteiger partial charge in [-0.1, -0.05) is 15.9 Å². The van der Waals surface area contributed by atoms with E-state index in [1.165, 1.54) is 6.07 Å². The van der Waals surface area contributed by atoms with E-state index >= 15 is 0 Å². The number of halogens is 2. The van der Waals surface area contributed by atoms with Crippen LogP contribution in [0, 0.1) is 12.7 Å². The zero-order valence-electron chi connectivity index (χ0n) is 10.7. The molecule has 1 aromatic carbocycles. The lowest BCUT2D eigenvalue weighted by Gasteiger charge is -2.20. The highest BCUT2D eigenvalue weighted by atomic mass is 79.9. The summed E-state index contributed by atoms with van der Waals surface area (Å²) < 4.78 is 16.9. The molecule has 0 radical (unpaired) electrons. The van der Waals surface area contributed by atoms with Gasteiger partial charge in [0.25, 0.3) is 0 Å². The number of fused-ring (bicyclic) bond motifs is 1. The number of aliphatic hydroxyl groups excluding tert-OH is 1. The Kier molecular flexibility index (Phi) is 3.23. The highest BCUT2D eigenvalue weighted by Crippen LogP contribution is 2.35. The summed E-state index contributed by atoms with van der Waals surface area (Å²) in [6.07, 6.45) is 2.19. The molecule has 100 valence electrons. The van der Waals surface area contributed by atoms with Gasteiger partial charge >= 0.3 is 0 Å². The van der Waals surface area contributed by atoms with Crippen LogP contribution in [-0.2, 0) is 6.42 Å². The first-order valence-electron chi connectivity index (χ1n) is 6.42. The van der Waals surface area contributed by atoms with Gasteiger partial charge in [0.1, 0.15) is 5.82 Å². The van der Waals surface area contributed by atoms with E-state index < -0.39 is 6.10 Å². The largest absolute Gasteiger partial charge is 0.388 e. The fraction of sp³-hybridized carbons (Fsp3) is 0.333. The van der Waals surface area contributed by atoms with Crippen molar-refractivity contribution in [2.45, 2.75) is 32.3 Å². The molecule has 0 saturated carbocycles. The maximum atomic E-state index is 14.1. The van der Waals surface area contributed by atoms with Crippen LogP contribution in [0.15, 0.2) is 28.7 Å². The first-order chi connectivity index (χ1) is 9.08. The topological polar surface area (TPSA) is 25.2 Å². The molecule has 3 rings (SSSR count). The molecule has 1 unspecified atom stereocenters. The van der Waals surface area contributed by atoms with E-state index in [0.717, 1.165) is 40.7 Å². The maximum absolute atomic E-state index is 14.1. The third-order valence-corrected chi connectivity index (χ3v) is 4.21. The van der Waals surface area contributed by atoms with Crippen molar-refractivity contribution in [1.82, 2.24) is 4.57 Å². The number of aliphatic hydroxyl groups is 1. The van der Waals surface area contributed by atoms with E-state index in [-0.39, 0.29) is 5.82 Å². The van der Waals surface area contributed by atoms with Gasteiger partial charge in [-0.05, 0) is 50.5 Å². The van der Waals surface area contributed by atoms with Crippen LogP contribution in [0.3, 0.4) is 0 Å². The molecule has 2 nitrogen and oxygen atoms in total. The zero-order chi connectivity index (χ0) is 13.6.